The summed E-state index contributed by atoms with van der Waals surface area (Å²) in [5.41, 5.74) is 3.04. The molecule has 0 radical (unpaired) electrons. The molecular weight excluding hydrogens is 362 g/mol. The minimum Gasteiger partial charge on any atom is -0.334 e. The van der Waals surface area contributed by atoms with Crippen molar-refractivity contribution in [2.45, 2.75) is 39.8 Å². The molecule has 3 heterocycles. The number of amides is 2. The number of nitrogens with one attached hydrogen (secondary N) is 1. The van der Waals surface area contributed by atoms with Gasteiger partial charge in [-0.1, -0.05) is 44.2 Å². The molecule has 29 heavy (non-hydrogen) atoms. The number of benzene rings is 1. The van der Waals surface area contributed by atoms with E-state index in [-0.39, 0.29) is 6.03 Å². The second-order valence-corrected chi connectivity index (χ2v) is 8.33. The van der Waals surface area contributed by atoms with Crippen molar-refractivity contribution in [3.8, 4) is 0 Å². The molecule has 0 saturated carbocycles. The Balaban J connectivity index is 1.39. The molecule has 1 aromatic carbocycles. The van der Waals surface area contributed by atoms with Crippen LogP contribution in [-0.4, -0.2) is 38.6 Å². The fourth-order valence-corrected chi connectivity index (χ4v) is 4.05. The predicted molar refractivity (Wildman–Crippen MR) is 114 cm³/mol. The number of imidazole rings is 1. The van der Waals surface area contributed by atoms with Gasteiger partial charge in [-0.15, -0.1) is 0 Å². The van der Waals surface area contributed by atoms with Crippen molar-refractivity contribution in [1.29, 1.82) is 0 Å². The molecular formula is C23H29N5O. The largest absolute Gasteiger partial charge is 0.334 e. The van der Waals surface area contributed by atoms with Gasteiger partial charge in [-0.05, 0) is 36.0 Å². The predicted octanol–water partition coefficient (Wildman–Crippen LogP) is 3.86. The maximum atomic E-state index is 12.6. The van der Waals surface area contributed by atoms with Crippen LogP contribution in [-0.2, 0) is 19.5 Å². The van der Waals surface area contributed by atoms with E-state index in [1.165, 1.54) is 0 Å². The second kappa shape index (κ2) is 8.64. The third kappa shape index (κ3) is 4.58. The van der Waals surface area contributed by atoms with E-state index in [0.29, 0.717) is 18.4 Å². The van der Waals surface area contributed by atoms with Crippen molar-refractivity contribution < 1.29 is 4.79 Å². The van der Waals surface area contributed by atoms with Crippen LogP contribution in [0, 0.1) is 11.8 Å². The molecule has 1 unspecified atom stereocenters. The Morgan fingerprint density at radius 2 is 2.03 bits per heavy atom. The van der Waals surface area contributed by atoms with Crippen LogP contribution >= 0.6 is 0 Å². The van der Waals surface area contributed by atoms with E-state index >= 15 is 0 Å². The third-order valence-electron chi connectivity index (χ3n) is 5.46. The zero-order valence-corrected chi connectivity index (χ0v) is 17.2. The molecule has 0 spiro atoms. The van der Waals surface area contributed by atoms with Crippen LogP contribution < -0.4 is 5.32 Å². The zero-order valence-electron chi connectivity index (χ0n) is 17.2. The normalized spacial score (nSPS) is 16.7. The fourth-order valence-electron chi connectivity index (χ4n) is 4.05. The summed E-state index contributed by atoms with van der Waals surface area (Å²) >= 11 is 0. The maximum absolute atomic E-state index is 12.6. The molecule has 4 rings (SSSR count). The third-order valence-corrected chi connectivity index (χ3v) is 5.46. The van der Waals surface area contributed by atoms with Gasteiger partial charge < -0.3 is 14.8 Å². The van der Waals surface area contributed by atoms with Gasteiger partial charge in [0.15, 0.2) is 5.65 Å². The van der Waals surface area contributed by atoms with Crippen molar-refractivity contribution in [3.63, 3.8) is 0 Å². The number of aromatic nitrogens is 3. The number of pyridine rings is 1. The van der Waals surface area contributed by atoms with Crippen LogP contribution in [0.3, 0.4) is 0 Å². The Bertz CT molecular complexity index is 966. The number of rotatable bonds is 6. The summed E-state index contributed by atoms with van der Waals surface area (Å²) in [6.45, 7) is 7.49. The van der Waals surface area contributed by atoms with Gasteiger partial charge in [0.25, 0.3) is 0 Å². The lowest BCUT2D eigenvalue weighted by molar-refractivity contribution is 0.206. The molecule has 6 heteroatoms. The van der Waals surface area contributed by atoms with Crippen molar-refractivity contribution in [2.24, 2.45) is 11.8 Å². The molecule has 0 aliphatic carbocycles. The van der Waals surface area contributed by atoms with Crippen molar-refractivity contribution in [1.82, 2.24) is 24.8 Å². The molecule has 1 fully saturated rings. The number of urea groups is 1. The summed E-state index contributed by atoms with van der Waals surface area (Å²) in [7, 11) is 0. The molecule has 1 N–H and O–H groups in total. The first-order valence-corrected chi connectivity index (χ1v) is 10.5. The van der Waals surface area contributed by atoms with Crippen molar-refractivity contribution in [3.05, 3.63) is 60.0 Å². The summed E-state index contributed by atoms with van der Waals surface area (Å²) in [4.78, 5) is 23.9. The Hall–Kier alpha value is -2.89. The first-order chi connectivity index (χ1) is 14.1. The van der Waals surface area contributed by atoms with Gasteiger partial charge in [0, 0.05) is 38.8 Å². The average molecular weight is 392 g/mol. The van der Waals surface area contributed by atoms with Crippen molar-refractivity contribution >= 4 is 17.2 Å². The van der Waals surface area contributed by atoms with Gasteiger partial charge >= 0.3 is 6.03 Å². The summed E-state index contributed by atoms with van der Waals surface area (Å²) in [6, 6.07) is 14.0. The summed E-state index contributed by atoms with van der Waals surface area (Å²) < 4.78 is 2.26. The lowest BCUT2D eigenvalue weighted by Crippen LogP contribution is -2.38. The highest BCUT2D eigenvalue weighted by molar-refractivity contribution is 5.74. The Morgan fingerprint density at radius 1 is 1.21 bits per heavy atom. The highest BCUT2D eigenvalue weighted by Crippen LogP contribution is 2.23. The Labute approximate surface area is 172 Å². The number of hydrogen-bond donors (Lipinski definition) is 1. The van der Waals surface area contributed by atoms with Gasteiger partial charge in [0.1, 0.15) is 11.3 Å². The first kappa shape index (κ1) is 19.4. The molecule has 1 atom stereocenters. The average Bonchev–Trinajstić information content (AvgIpc) is 3.32. The molecule has 3 aromatic rings. The van der Waals surface area contributed by atoms with E-state index in [0.717, 1.165) is 55.0 Å². The van der Waals surface area contributed by atoms with Crippen LogP contribution in [0.15, 0.2) is 48.7 Å². The van der Waals surface area contributed by atoms with Gasteiger partial charge in [-0.2, -0.15) is 0 Å². The smallest absolute Gasteiger partial charge is 0.317 e. The molecule has 0 bridgehead atoms. The minimum atomic E-state index is 0.0219. The minimum absolute atomic E-state index is 0.0219. The SMILES string of the molecule is CC(C)Cn1c(CC2CCN(C(=O)NCc3ccccc3)C2)nc2cccnc21. The lowest BCUT2D eigenvalue weighted by atomic mass is 10.0. The Kier molecular flexibility index (Phi) is 5.79. The quantitative estimate of drug-likeness (QED) is 0.694. The van der Waals surface area contributed by atoms with E-state index < -0.39 is 0 Å². The summed E-state index contributed by atoms with van der Waals surface area (Å²) in [5, 5.41) is 3.04. The van der Waals surface area contributed by atoms with E-state index in [9.17, 15) is 4.79 Å². The monoisotopic (exact) mass is 391 g/mol. The standard InChI is InChI=1S/C23H29N5O/c1-17(2)15-28-21(26-20-9-6-11-24-22(20)28)13-19-10-12-27(16-19)23(29)25-14-18-7-4-3-5-8-18/h3-9,11,17,19H,10,12-16H2,1-2H3,(H,25,29). The maximum Gasteiger partial charge on any atom is 0.317 e. The lowest BCUT2D eigenvalue weighted by Gasteiger charge is -2.18. The van der Waals surface area contributed by atoms with Gasteiger partial charge in [-0.3, -0.25) is 0 Å². The highest BCUT2D eigenvalue weighted by atomic mass is 16.2. The number of likely N-dealkylation sites (tertiary alicyclic amines) is 1. The molecule has 1 aliphatic heterocycles. The summed E-state index contributed by atoms with van der Waals surface area (Å²) in [5.74, 6) is 2.04. The van der Waals surface area contributed by atoms with Crippen LogP contribution in [0.1, 0.15) is 31.7 Å². The van der Waals surface area contributed by atoms with E-state index in [2.05, 4.69) is 28.7 Å². The summed E-state index contributed by atoms with van der Waals surface area (Å²) in [6.07, 6.45) is 3.72. The van der Waals surface area contributed by atoms with E-state index in [1.54, 1.807) is 0 Å². The molecule has 1 aliphatic rings. The molecule has 1 saturated heterocycles. The van der Waals surface area contributed by atoms with Crippen LogP contribution in [0.25, 0.3) is 11.2 Å². The van der Waals surface area contributed by atoms with Gasteiger partial charge in [0.05, 0.1) is 0 Å². The van der Waals surface area contributed by atoms with Gasteiger partial charge in [0.2, 0.25) is 0 Å². The number of carbonyl (C=O) groups excluding carboxylic acids is 1. The van der Waals surface area contributed by atoms with Crippen molar-refractivity contribution in [2.75, 3.05) is 13.1 Å². The number of carbonyl (C=O) groups is 1. The van der Waals surface area contributed by atoms with E-state index in [1.807, 2.05) is 53.6 Å². The Morgan fingerprint density at radius 3 is 2.83 bits per heavy atom. The van der Waals surface area contributed by atoms with E-state index in [4.69, 9.17) is 4.98 Å². The highest BCUT2D eigenvalue weighted by Gasteiger charge is 2.28. The molecule has 2 amide bonds. The fraction of sp³-hybridized carbons (Fsp3) is 0.435. The second-order valence-electron chi connectivity index (χ2n) is 8.33. The van der Waals surface area contributed by atoms with Gasteiger partial charge in [-0.25, -0.2) is 14.8 Å². The number of hydrogen-bond acceptors (Lipinski definition) is 3. The molecule has 2 aromatic heterocycles. The van der Waals surface area contributed by atoms with Crippen LogP contribution in [0.5, 0.6) is 0 Å². The molecule has 6 nitrogen and oxygen atoms in total. The first-order valence-electron chi connectivity index (χ1n) is 10.5. The number of fused-ring (bicyclic) bond motifs is 1. The topological polar surface area (TPSA) is 63.1 Å². The zero-order chi connectivity index (χ0) is 20.2. The number of nitrogens with zero attached hydrogens (tertiary/aromatic N) is 4. The van der Waals surface area contributed by atoms with Crippen LogP contribution in [0.4, 0.5) is 4.79 Å². The van der Waals surface area contributed by atoms with Crippen LogP contribution in [0.2, 0.25) is 0 Å². The molecule has 152 valence electrons.